The van der Waals surface area contributed by atoms with Gasteiger partial charge in [-0.15, -0.1) is 0 Å². The molecule has 0 saturated heterocycles. The van der Waals surface area contributed by atoms with Gasteiger partial charge in [-0.2, -0.15) is 4.68 Å². The maximum Gasteiger partial charge on any atom is 0.513 e. The molecule has 0 fully saturated rings. The molecule has 2 N–H and O–H groups in total. The molecule has 0 radical (unpaired) electrons. The summed E-state index contributed by atoms with van der Waals surface area (Å²) in [5.41, 5.74) is 4.71. The van der Waals surface area contributed by atoms with E-state index in [-0.39, 0.29) is 18.7 Å². The zero-order chi connectivity index (χ0) is 16.8. The molecule has 2 rings (SSSR count). The maximum atomic E-state index is 11.4. The molecule has 10 nitrogen and oxygen atoms in total. The summed E-state index contributed by atoms with van der Waals surface area (Å²) in [4.78, 5) is 32.4. The highest BCUT2D eigenvalue weighted by Gasteiger charge is 2.24. The van der Waals surface area contributed by atoms with Crippen LogP contribution in [0.25, 0.3) is 0 Å². The predicted molar refractivity (Wildman–Crippen MR) is 75.8 cm³/mol. The van der Waals surface area contributed by atoms with Crippen molar-refractivity contribution in [1.29, 1.82) is 0 Å². The number of nitro groups is 1. The van der Waals surface area contributed by atoms with Crippen molar-refractivity contribution in [2.24, 2.45) is 5.73 Å². The van der Waals surface area contributed by atoms with Gasteiger partial charge in [-0.25, -0.2) is 4.79 Å². The predicted octanol–water partition coefficient (Wildman–Crippen LogP) is 1.11. The Balaban J connectivity index is 1.89. The normalized spacial score (nSPS) is 10.1. The quantitative estimate of drug-likeness (QED) is 0.364. The van der Waals surface area contributed by atoms with Gasteiger partial charge >= 0.3 is 12.0 Å². The number of carbonyl (C=O) groups is 2. The standard InChI is InChI=1S/C13H12N4O6/c14-11(18)10-8-16(15-12(10)17(20)21)6-7-22-13(19)23-9-4-2-1-3-5-9/h1-5,8H,6-7H2,(H2,14,18). The van der Waals surface area contributed by atoms with Crippen LogP contribution in [-0.4, -0.2) is 33.4 Å². The van der Waals surface area contributed by atoms with Crippen molar-refractivity contribution in [2.45, 2.75) is 6.54 Å². The molecule has 23 heavy (non-hydrogen) atoms. The minimum Gasteiger partial charge on any atom is -0.432 e. The van der Waals surface area contributed by atoms with Crippen LogP contribution in [0.5, 0.6) is 5.75 Å². The highest BCUT2D eigenvalue weighted by atomic mass is 16.7. The van der Waals surface area contributed by atoms with Gasteiger partial charge in [0.15, 0.2) is 5.56 Å². The number of carbonyl (C=O) groups excluding carboxylic acids is 2. The summed E-state index contributed by atoms with van der Waals surface area (Å²) in [6, 6.07) is 8.31. The number of hydrogen-bond donors (Lipinski definition) is 1. The van der Waals surface area contributed by atoms with E-state index in [0.717, 1.165) is 10.9 Å². The van der Waals surface area contributed by atoms with E-state index in [1.807, 2.05) is 0 Å². The molecule has 0 bridgehead atoms. The third-order valence-corrected chi connectivity index (χ3v) is 2.67. The van der Waals surface area contributed by atoms with Crippen LogP contribution >= 0.6 is 0 Å². The number of ether oxygens (including phenoxy) is 2. The van der Waals surface area contributed by atoms with Crippen molar-refractivity contribution in [2.75, 3.05) is 6.61 Å². The molecule has 10 heteroatoms. The molecule has 0 atom stereocenters. The first kappa shape index (κ1) is 15.9. The third-order valence-electron chi connectivity index (χ3n) is 2.67. The summed E-state index contributed by atoms with van der Waals surface area (Å²) in [7, 11) is 0. The number of para-hydroxylation sites is 1. The molecule has 1 amide bonds. The first-order chi connectivity index (χ1) is 11.0. The van der Waals surface area contributed by atoms with Crippen LogP contribution in [0.15, 0.2) is 36.5 Å². The van der Waals surface area contributed by atoms with Crippen LogP contribution in [0, 0.1) is 10.1 Å². The summed E-state index contributed by atoms with van der Waals surface area (Å²) in [5.74, 6) is -1.29. The van der Waals surface area contributed by atoms with Gasteiger partial charge in [0, 0.05) is 0 Å². The first-order valence-corrected chi connectivity index (χ1v) is 6.38. The van der Waals surface area contributed by atoms with E-state index < -0.39 is 22.8 Å². The zero-order valence-corrected chi connectivity index (χ0v) is 11.7. The fourth-order valence-corrected chi connectivity index (χ4v) is 1.67. The van der Waals surface area contributed by atoms with Gasteiger partial charge in [0.05, 0.1) is 17.8 Å². The smallest absolute Gasteiger partial charge is 0.432 e. The Morgan fingerprint density at radius 2 is 2.00 bits per heavy atom. The SMILES string of the molecule is NC(=O)c1cn(CCOC(=O)Oc2ccccc2)nc1[N+](=O)[O-]. The molecule has 2 aromatic rings. The Morgan fingerprint density at radius 1 is 1.30 bits per heavy atom. The molecule has 0 spiro atoms. The molecular weight excluding hydrogens is 308 g/mol. The zero-order valence-electron chi connectivity index (χ0n) is 11.7. The first-order valence-electron chi connectivity index (χ1n) is 6.38. The van der Waals surface area contributed by atoms with Gasteiger partial charge in [-0.05, 0) is 17.1 Å². The lowest BCUT2D eigenvalue weighted by Crippen LogP contribution is -2.15. The van der Waals surface area contributed by atoms with E-state index in [2.05, 4.69) is 5.10 Å². The third kappa shape index (κ3) is 4.27. The van der Waals surface area contributed by atoms with Gasteiger partial charge < -0.3 is 25.3 Å². The number of aromatic nitrogens is 2. The highest BCUT2D eigenvalue weighted by molar-refractivity contribution is 5.95. The van der Waals surface area contributed by atoms with E-state index in [1.165, 1.54) is 0 Å². The van der Waals surface area contributed by atoms with Crippen molar-refractivity contribution in [3.05, 3.63) is 52.2 Å². The largest absolute Gasteiger partial charge is 0.513 e. The number of hydrogen-bond acceptors (Lipinski definition) is 7. The second kappa shape index (κ2) is 7.02. The minimum atomic E-state index is -0.965. The van der Waals surface area contributed by atoms with Gasteiger partial charge in [-0.3, -0.25) is 4.79 Å². The van der Waals surface area contributed by atoms with Gasteiger partial charge in [-0.1, -0.05) is 18.2 Å². The van der Waals surface area contributed by atoms with E-state index in [4.69, 9.17) is 15.2 Å². The van der Waals surface area contributed by atoms with Crippen LogP contribution in [0.4, 0.5) is 10.6 Å². The molecule has 0 saturated carbocycles. The second-order valence-corrected chi connectivity index (χ2v) is 4.26. The van der Waals surface area contributed by atoms with Gasteiger partial charge in [0.2, 0.25) is 0 Å². The number of nitrogens with zero attached hydrogens (tertiary/aromatic N) is 3. The second-order valence-electron chi connectivity index (χ2n) is 4.26. The maximum absolute atomic E-state index is 11.4. The Kier molecular flexibility index (Phi) is 4.87. The molecular formula is C13H12N4O6. The lowest BCUT2D eigenvalue weighted by atomic mass is 10.3. The fourth-order valence-electron chi connectivity index (χ4n) is 1.67. The monoisotopic (exact) mass is 320 g/mol. The van der Waals surface area contributed by atoms with E-state index in [9.17, 15) is 19.7 Å². The van der Waals surface area contributed by atoms with Crippen molar-refractivity contribution in [3.63, 3.8) is 0 Å². The summed E-state index contributed by atoms with van der Waals surface area (Å²) in [6.45, 7) is -0.152. The number of amides is 1. The lowest BCUT2D eigenvalue weighted by molar-refractivity contribution is -0.390. The van der Waals surface area contributed by atoms with E-state index in [0.29, 0.717) is 5.75 Å². The Morgan fingerprint density at radius 3 is 2.57 bits per heavy atom. The average Bonchev–Trinajstić information content (AvgIpc) is 2.93. The summed E-state index contributed by atoms with van der Waals surface area (Å²) >= 11 is 0. The van der Waals surface area contributed by atoms with Crippen LogP contribution < -0.4 is 10.5 Å². The van der Waals surface area contributed by atoms with Crippen molar-refractivity contribution >= 4 is 17.9 Å². The molecule has 0 unspecified atom stereocenters. The topological polar surface area (TPSA) is 140 Å². The van der Waals surface area contributed by atoms with Crippen molar-refractivity contribution in [3.8, 4) is 5.75 Å². The van der Waals surface area contributed by atoms with Gasteiger partial charge in [0.1, 0.15) is 12.4 Å². The van der Waals surface area contributed by atoms with E-state index >= 15 is 0 Å². The highest BCUT2D eigenvalue weighted by Crippen LogP contribution is 2.15. The summed E-state index contributed by atoms with van der Waals surface area (Å²) in [6.07, 6.45) is 0.194. The van der Waals surface area contributed by atoms with Crippen molar-refractivity contribution < 1.29 is 24.0 Å². The van der Waals surface area contributed by atoms with Gasteiger partial charge in [0.25, 0.3) is 5.91 Å². The number of nitrogens with two attached hydrogens (primary N) is 1. The van der Waals surface area contributed by atoms with Crippen LogP contribution in [0.1, 0.15) is 10.4 Å². The minimum absolute atomic E-state index is 0.00197. The van der Waals surface area contributed by atoms with Crippen molar-refractivity contribution in [1.82, 2.24) is 9.78 Å². The Labute approximate surface area is 129 Å². The molecule has 1 heterocycles. The van der Waals surface area contributed by atoms with Crippen LogP contribution in [0.2, 0.25) is 0 Å². The molecule has 1 aromatic heterocycles. The molecule has 0 aliphatic rings. The molecule has 0 aliphatic carbocycles. The summed E-state index contributed by atoms with van der Waals surface area (Å²) < 4.78 is 10.8. The number of rotatable bonds is 6. The average molecular weight is 320 g/mol. The van der Waals surface area contributed by atoms with Crippen LogP contribution in [0.3, 0.4) is 0 Å². The molecule has 0 aliphatic heterocycles. The molecule has 120 valence electrons. The Hall–Kier alpha value is -3.43. The number of primary amides is 1. The lowest BCUT2D eigenvalue weighted by Gasteiger charge is -2.04. The molecule has 1 aromatic carbocycles. The van der Waals surface area contributed by atoms with Crippen LogP contribution in [-0.2, 0) is 11.3 Å². The Bertz CT molecular complexity index is 696. The van der Waals surface area contributed by atoms with E-state index in [1.54, 1.807) is 30.3 Å². The fraction of sp³-hybridized carbons (Fsp3) is 0.154. The number of benzene rings is 1. The summed E-state index contributed by atoms with van der Waals surface area (Å²) in [5, 5.41) is 14.3.